The van der Waals surface area contributed by atoms with Crippen LogP contribution in [0.15, 0.2) is 60.7 Å². The highest BCUT2D eigenvalue weighted by Crippen LogP contribution is 2.34. The Hall–Kier alpha value is -2.29. The van der Waals surface area contributed by atoms with Crippen LogP contribution in [0.25, 0.3) is 0 Å². The van der Waals surface area contributed by atoms with Gasteiger partial charge in [0.25, 0.3) is 0 Å². The van der Waals surface area contributed by atoms with Gasteiger partial charge in [-0.05, 0) is 5.56 Å². The molecule has 0 spiro atoms. The van der Waals surface area contributed by atoms with Crippen molar-refractivity contribution in [3.8, 4) is 0 Å². The van der Waals surface area contributed by atoms with E-state index in [-0.39, 0.29) is 12.5 Å². The van der Waals surface area contributed by atoms with Gasteiger partial charge in [-0.15, -0.1) is 0 Å². The third kappa shape index (κ3) is 4.66. The predicted molar refractivity (Wildman–Crippen MR) is 104 cm³/mol. The average molecular weight is 399 g/mol. The Balaban J connectivity index is 1.48. The quantitative estimate of drug-likeness (QED) is 0.799. The number of hydrogen-bond acceptors (Lipinski definition) is 6. The Morgan fingerprint density at radius 3 is 2.48 bits per heavy atom. The van der Waals surface area contributed by atoms with E-state index in [9.17, 15) is 9.90 Å². The van der Waals surface area contributed by atoms with Gasteiger partial charge in [0.1, 0.15) is 24.4 Å². The highest BCUT2D eigenvalue weighted by Gasteiger charge is 2.50. The summed E-state index contributed by atoms with van der Waals surface area (Å²) in [6.07, 6.45) is -3.59. The summed E-state index contributed by atoms with van der Waals surface area (Å²) in [6, 6.07) is 18.4. The van der Waals surface area contributed by atoms with Gasteiger partial charge in [0.15, 0.2) is 12.6 Å². The van der Waals surface area contributed by atoms with Gasteiger partial charge in [-0.1, -0.05) is 60.7 Å². The summed E-state index contributed by atoms with van der Waals surface area (Å²) in [5.41, 5.74) is 1.83. The van der Waals surface area contributed by atoms with Crippen molar-refractivity contribution in [2.45, 2.75) is 50.5 Å². The largest absolute Gasteiger partial charge is 0.388 e. The molecule has 2 fully saturated rings. The number of carbonyl (C=O) groups is 1. The van der Waals surface area contributed by atoms with Gasteiger partial charge in [-0.2, -0.15) is 0 Å². The smallest absolute Gasteiger partial charge is 0.217 e. The van der Waals surface area contributed by atoms with E-state index in [0.29, 0.717) is 6.61 Å². The number of fused-ring (bicyclic) bond motifs is 1. The van der Waals surface area contributed by atoms with Crippen molar-refractivity contribution in [3.05, 3.63) is 71.8 Å². The van der Waals surface area contributed by atoms with Crippen LogP contribution < -0.4 is 5.32 Å². The topological polar surface area (TPSA) is 86.3 Å². The first-order valence-electron chi connectivity index (χ1n) is 9.70. The van der Waals surface area contributed by atoms with Gasteiger partial charge in [0.2, 0.25) is 5.91 Å². The molecule has 2 aromatic rings. The molecule has 1 amide bonds. The SMILES string of the molecule is CC(=O)N[C@H]1C(OCc2ccccc2)O[C@@H]2CO[C@H](c3ccccc3)O[C@H]2[C@@H]1O. The molecular weight excluding hydrogens is 374 g/mol. The summed E-state index contributed by atoms with van der Waals surface area (Å²) >= 11 is 0. The van der Waals surface area contributed by atoms with Gasteiger partial charge < -0.3 is 29.4 Å². The number of benzene rings is 2. The molecule has 2 N–H and O–H groups in total. The first-order valence-corrected chi connectivity index (χ1v) is 9.70. The molecule has 2 heterocycles. The van der Waals surface area contributed by atoms with Gasteiger partial charge in [-0.3, -0.25) is 4.79 Å². The molecule has 0 saturated carbocycles. The highest BCUT2D eigenvalue weighted by molar-refractivity contribution is 5.73. The molecule has 2 aliphatic heterocycles. The minimum absolute atomic E-state index is 0.249. The van der Waals surface area contributed by atoms with Crippen LogP contribution in [0.3, 0.4) is 0 Å². The zero-order valence-electron chi connectivity index (χ0n) is 16.1. The Bertz CT molecular complexity index is 801. The Labute approximate surface area is 169 Å². The summed E-state index contributed by atoms with van der Waals surface area (Å²) in [7, 11) is 0. The molecule has 2 saturated heterocycles. The van der Waals surface area contributed by atoms with Crippen LogP contribution in [0.1, 0.15) is 24.3 Å². The molecule has 7 heteroatoms. The van der Waals surface area contributed by atoms with Crippen molar-refractivity contribution >= 4 is 5.91 Å². The second-order valence-electron chi connectivity index (χ2n) is 7.23. The van der Waals surface area contributed by atoms with Gasteiger partial charge >= 0.3 is 0 Å². The lowest BCUT2D eigenvalue weighted by Gasteiger charge is -2.47. The number of nitrogens with one attached hydrogen (secondary N) is 1. The van der Waals surface area contributed by atoms with Gasteiger partial charge in [0, 0.05) is 12.5 Å². The van der Waals surface area contributed by atoms with E-state index in [0.717, 1.165) is 11.1 Å². The molecule has 154 valence electrons. The minimum Gasteiger partial charge on any atom is -0.388 e. The standard InChI is InChI=1S/C22H25NO6/c1-14(24)23-18-19(25)20-17(13-27-21(29-20)16-10-6-3-7-11-16)28-22(18)26-12-15-8-4-2-5-9-15/h2-11,17-22,25H,12-13H2,1H3,(H,23,24)/t17-,18-,19-,20-,21+,22?/m1/s1. The van der Waals surface area contributed by atoms with E-state index < -0.39 is 36.9 Å². The maximum Gasteiger partial charge on any atom is 0.217 e. The zero-order chi connectivity index (χ0) is 20.2. The van der Waals surface area contributed by atoms with Crippen LogP contribution in [-0.4, -0.2) is 48.3 Å². The highest BCUT2D eigenvalue weighted by atomic mass is 16.7. The normalized spacial score (nSPS) is 31.7. The molecular formula is C22H25NO6. The third-order valence-corrected chi connectivity index (χ3v) is 5.06. The van der Waals surface area contributed by atoms with Crippen molar-refractivity contribution in [1.82, 2.24) is 5.32 Å². The molecule has 0 radical (unpaired) electrons. The summed E-state index contributed by atoms with van der Waals surface area (Å²) < 4.78 is 23.8. The van der Waals surface area contributed by atoms with Crippen molar-refractivity contribution in [2.75, 3.05) is 6.61 Å². The van der Waals surface area contributed by atoms with Crippen molar-refractivity contribution in [3.63, 3.8) is 0 Å². The fraction of sp³-hybridized carbons (Fsp3) is 0.409. The van der Waals surface area contributed by atoms with Crippen LogP contribution >= 0.6 is 0 Å². The lowest BCUT2D eigenvalue weighted by Crippen LogP contribution is -2.66. The third-order valence-electron chi connectivity index (χ3n) is 5.06. The van der Waals surface area contributed by atoms with Crippen LogP contribution in [0.5, 0.6) is 0 Å². The molecule has 4 rings (SSSR count). The second-order valence-corrected chi connectivity index (χ2v) is 7.23. The molecule has 2 aromatic carbocycles. The van der Waals surface area contributed by atoms with Crippen LogP contribution in [0.4, 0.5) is 0 Å². The van der Waals surface area contributed by atoms with Crippen LogP contribution in [0.2, 0.25) is 0 Å². The zero-order valence-corrected chi connectivity index (χ0v) is 16.1. The van der Waals surface area contributed by atoms with Crippen LogP contribution in [0, 0.1) is 0 Å². The molecule has 2 aliphatic rings. The maximum atomic E-state index is 11.7. The number of aliphatic hydroxyl groups excluding tert-OH is 1. The number of rotatable bonds is 5. The second kappa shape index (κ2) is 9.02. The van der Waals surface area contributed by atoms with E-state index in [1.54, 1.807) is 0 Å². The van der Waals surface area contributed by atoms with Crippen molar-refractivity contribution in [1.29, 1.82) is 0 Å². The van der Waals surface area contributed by atoms with Crippen molar-refractivity contribution in [2.24, 2.45) is 0 Å². The Morgan fingerprint density at radius 2 is 1.79 bits per heavy atom. The van der Waals surface area contributed by atoms with E-state index in [1.165, 1.54) is 6.92 Å². The molecule has 0 aromatic heterocycles. The molecule has 1 unspecified atom stereocenters. The van der Waals surface area contributed by atoms with E-state index in [2.05, 4.69) is 5.32 Å². The molecule has 6 atom stereocenters. The van der Waals surface area contributed by atoms with Gasteiger partial charge in [0.05, 0.1) is 13.2 Å². The summed E-state index contributed by atoms with van der Waals surface area (Å²) in [5.74, 6) is -0.281. The van der Waals surface area contributed by atoms with E-state index in [4.69, 9.17) is 18.9 Å². The summed E-state index contributed by atoms with van der Waals surface area (Å²) in [5, 5.41) is 13.7. The Morgan fingerprint density at radius 1 is 1.10 bits per heavy atom. The number of hydrogen-bond donors (Lipinski definition) is 2. The number of ether oxygens (including phenoxy) is 4. The number of amides is 1. The van der Waals surface area contributed by atoms with E-state index >= 15 is 0 Å². The van der Waals surface area contributed by atoms with Crippen LogP contribution in [-0.2, 0) is 30.3 Å². The Kier molecular flexibility index (Phi) is 6.22. The number of aliphatic hydroxyl groups is 1. The summed E-state index contributed by atoms with van der Waals surface area (Å²) in [4.78, 5) is 11.7. The van der Waals surface area contributed by atoms with Gasteiger partial charge in [-0.25, -0.2) is 0 Å². The molecule has 7 nitrogen and oxygen atoms in total. The first-order chi connectivity index (χ1) is 14.1. The fourth-order valence-corrected chi connectivity index (χ4v) is 3.65. The lowest BCUT2D eigenvalue weighted by atomic mass is 9.95. The lowest BCUT2D eigenvalue weighted by molar-refractivity contribution is -0.345. The minimum atomic E-state index is -1.01. The monoisotopic (exact) mass is 399 g/mol. The van der Waals surface area contributed by atoms with E-state index in [1.807, 2.05) is 60.7 Å². The first kappa shape index (κ1) is 20.0. The number of carbonyl (C=O) groups excluding carboxylic acids is 1. The summed E-state index contributed by atoms with van der Waals surface area (Å²) in [6.45, 7) is 1.93. The molecule has 0 aliphatic carbocycles. The van der Waals surface area contributed by atoms with Crippen molar-refractivity contribution < 1.29 is 28.8 Å². The average Bonchev–Trinajstić information content (AvgIpc) is 2.75. The molecule has 0 bridgehead atoms. The maximum absolute atomic E-state index is 11.7. The fourth-order valence-electron chi connectivity index (χ4n) is 3.65. The molecule has 29 heavy (non-hydrogen) atoms. The predicted octanol–water partition coefficient (Wildman–Crippen LogP) is 1.91.